The number of hydrogen-bond donors (Lipinski definition) is 4. The molecule has 0 radical (unpaired) electrons. The lowest BCUT2D eigenvalue weighted by Gasteiger charge is -2.12. The molecule has 0 spiro atoms. The highest BCUT2D eigenvalue weighted by Crippen LogP contribution is 2.22. The summed E-state index contributed by atoms with van der Waals surface area (Å²) >= 11 is 0. The van der Waals surface area contributed by atoms with Crippen LogP contribution in [0.1, 0.15) is 11.1 Å². The molecule has 2 aliphatic heterocycles. The number of nitrogens with one attached hydrogen (secondary N) is 4. The van der Waals surface area contributed by atoms with Crippen molar-refractivity contribution >= 4 is 55.5 Å². The lowest BCUT2D eigenvalue weighted by Crippen LogP contribution is -2.19. The molecule has 37 heavy (non-hydrogen) atoms. The molecule has 0 bridgehead atoms. The second kappa shape index (κ2) is 10.8. The lowest BCUT2D eigenvalue weighted by molar-refractivity contribution is 0.599. The van der Waals surface area contributed by atoms with E-state index in [1.807, 2.05) is 0 Å². The van der Waals surface area contributed by atoms with Crippen LogP contribution in [-0.4, -0.2) is 54.7 Å². The zero-order valence-electron chi connectivity index (χ0n) is 19.5. The highest BCUT2D eigenvalue weighted by molar-refractivity contribution is 7.93. The standard InChI is InChI=1S/C24H24N6O4S2.ClH/c31-35(32,29-19-8-4-17(5-9-19)23-25-12-13-26-23)21-2-1-3-22(16-21)36(33,34)30-20-10-6-18(7-11-20)24-27-14-15-28-24;/h1-11,16,29-30H,12-15H2,(H,25,26)(H,27,28);1H. The molecule has 0 atom stereocenters. The number of amidine groups is 2. The van der Waals surface area contributed by atoms with Gasteiger partial charge in [0.15, 0.2) is 0 Å². The molecule has 0 fully saturated rings. The first kappa shape index (κ1) is 26.5. The third kappa shape index (κ3) is 6.04. The molecule has 13 heteroatoms. The Morgan fingerprint density at radius 2 is 1.03 bits per heavy atom. The molecule has 194 valence electrons. The van der Waals surface area contributed by atoms with Crippen LogP contribution in [0.15, 0.2) is 92.6 Å². The highest BCUT2D eigenvalue weighted by Gasteiger charge is 2.20. The van der Waals surface area contributed by atoms with E-state index in [0.717, 1.165) is 42.0 Å². The summed E-state index contributed by atoms with van der Waals surface area (Å²) in [6, 6.07) is 18.8. The van der Waals surface area contributed by atoms with Crippen molar-refractivity contribution in [3.05, 3.63) is 83.9 Å². The Kier molecular flexibility index (Phi) is 7.71. The Bertz CT molecular complexity index is 1440. The minimum atomic E-state index is -4.02. The minimum Gasteiger partial charge on any atom is -0.368 e. The summed E-state index contributed by atoms with van der Waals surface area (Å²) in [7, 11) is -8.05. The fourth-order valence-electron chi connectivity index (χ4n) is 3.81. The van der Waals surface area contributed by atoms with Crippen molar-refractivity contribution in [2.45, 2.75) is 9.79 Å². The van der Waals surface area contributed by atoms with E-state index in [1.54, 1.807) is 48.5 Å². The Balaban J connectivity index is 0.00000320. The van der Waals surface area contributed by atoms with Crippen LogP contribution < -0.4 is 20.1 Å². The molecule has 0 aromatic heterocycles. The molecule has 0 unspecified atom stereocenters. The number of rotatable bonds is 8. The van der Waals surface area contributed by atoms with Gasteiger partial charge in [-0.15, -0.1) is 12.4 Å². The Hall–Kier alpha value is -3.61. The molecular weight excluding hydrogens is 536 g/mol. The van der Waals surface area contributed by atoms with Crippen molar-refractivity contribution < 1.29 is 16.8 Å². The van der Waals surface area contributed by atoms with Crippen molar-refractivity contribution in [2.24, 2.45) is 9.98 Å². The topological polar surface area (TPSA) is 141 Å². The zero-order valence-corrected chi connectivity index (χ0v) is 22.0. The summed E-state index contributed by atoms with van der Waals surface area (Å²) < 4.78 is 56.8. The number of benzene rings is 3. The highest BCUT2D eigenvalue weighted by atomic mass is 35.5. The van der Waals surface area contributed by atoms with Gasteiger partial charge in [-0.05, 0) is 66.7 Å². The van der Waals surface area contributed by atoms with Crippen molar-refractivity contribution in [1.29, 1.82) is 0 Å². The molecule has 10 nitrogen and oxygen atoms in total. The Morgan fingerprint density at radius 3 is 1.38 bits per heavy atom. The number of hydrogen-bond acceptors (Lipinski definition) is 8. The van der Waals surface area contributed by atoms with Crippen LogP contribution >= 0.6 is 12.4 Å². The van der Waals surface area contributed by atoms with E-state index >= 15 is 0 Å². The molecule has 0 amide bonds. The van der Waals surface area contributed by atoms with Crippen molar-refractivity contribution in [1.82, 2.24) is 10.6 Å². The smallest absolute Gasteiger partial charge is 0.261 e. The summed E-state index contributed by atoms with van der Waals surface area (Å²) in [6.07, 6.45) is 0. The molecule has 0 saturated heterocycles. The quantitative estimate of drug-likeness (QED) is 0.333. The Morgan fingerprint density at radius 1 is 0.622 bits per heavy atom. The molecule has 3 aromatic rings. The lowest BCUT2D eigenvalue weighted by atomic mass is 10.2. The van der Waals surface area contributed by atoms with Gasteiger partial charge in [-0.25, -0.2) is 16.8 Å². The maximum absolute atomic E-state index is 13.0. The van der Waals surface area contributed by atoms with Gasteiger partial charge >= 0.3 is 0 Å². The third-order valence-electron chi connectivity index (χ3n) is 5.60. The molecule has 0 aliphatic carbocycles. The summed E-state index contributed by atoms with van der Waals surface area (Å²) in [5.74, 6) is 1.54. The van der Waals surface area contributed by atoms with E-state index in [0.29, 0.717) is 24.5 Å². The first-order valence-electron chi connectivity index (χ1n) is 11.2. The number of aliphatic imine (C=N–C) groups is 2. The summed E-state index contributed by atoms with van der Waals surface area (Å²) in [5.41, 5.74) is 2.42. The van der Waals surface area contributed by atoms with E-state index in [9.17, 15) is 16.8 Å². The first-order valence-corrected chi connectivity index (χ1v) is 14.2. The van der Waals surface area contributed by atoms with Crippen LogP contribution in [0.5, 0.6) is 0 Å². The van der Waals surface area contributed by atoms with Gasteiger partial charge in [0.25, 0.3) is 20.0 Å². The van der Waals surface area contributed by atoms with Crippen LogP contribution in [0.3, 0.4) is 0 Å². The maximum Gasteiger partial charge on any atom is 0.261 e. The van der Waals surface area contributed by atoms with Crippen molar-refractivity contribution in [3.8, 4) is 0 Å². The SMILES string of the molecule is Cl.O=S(=O)(Nc1ccc(C2=NCCN2)cc1)c1cccc(S(=O)(=O)Nc2ccc(C3=NCCN3)cc2)c1. The monoisotopic (exact) mass is 560 g/mol. The fourth-order valence-corrected chi connectivity index (χ4v) is 6.09. The first-order chi connectivity index (χ1) is 17.3. The predicted molar refractivity (Wildman–Crippen MR) is 147 cm³/mol. The summed E-state index contributed by atoms with van der Waals surface area (Å²) in [5, 5.41) is 6.32. The molecule has 3 aromatic carbocycles. The molecular formula is C24H25ClN6O4S2. The number of anilines is 2. The van der Waals surface area contributed by atoms with Crippen molar-refractivity contribution in [2.75, 3.05) is 35.6 Å². The van der Waals surface area contributed by atoms with Gasteiger partial charge in [-0.2, -0.15) is 0 Å². The molecule has 0 saturated carbocycles. The van der Waals surface area contributed by atoms with Gasteiger partial charge in [-0.1, -0.05) is 6.07 Å². The van der Waals surface area contributed by atoms with Gasteiger partial charge in [0.05, 0.1) is 22.9 Å². The van der Waals surface area contributed by atoms with Gasteiger partial charge in [0.1, 0.15) is 11.7 Å². The van der Waals surface area contributed by atoms with Crippen LogP contribution in [0.4, 0.5) is 11.4 Å². The van der Waals surface area contributed by atoms with Crippen LogP contribution in [0.25, 0.3) is 0 Å². The normalized spacial score (nSPS) is 15.0. The number of sulfonamides is 2. The van der Waals surface area contributed by atoms with E-state index in [2.05, 4.69) is 30.1 Å². The van der Waals surface area contributed by atoms with Crippen LogP contribution in [0.2, 0.25) is 0 Å². The van der Waals surface area contributed by atoms with E-state index < -0.39 is 20.0 Å². The second-order valence-corrected chi connectivity index (χ2v) is 11.5. The van der Waals surface area contributed by atoms with E-state index in [1.165, 1.54) is 18.2 Å². The molecule has 4 N–H and O–H groups in total. The van der Waals surface area contributed by atoms with Gasteiger partial charge in [0.2, 0.25) is 0 Å². The number of halogens is 1. The number of nitrogens with zero attached hydrogens (tertiary/aromatic N) is 2. The summed E-state index contributed by atoms with van der Waals surface area (Å²) in [6.45, 7) is 2.96. The van der Waals surface area contributed by atoms with E-state index in [-0.39, 0.29) is 22.2 Å². The second-order valence-electron chi connectivity index (χ2n) is 8.15. The molecule has 5 rings (SSSR count). The average molecular weight is 561 g/mol. The van der Waals surface area contributed by atoms with E-state index in [4.69, 9.17) is 0 Å². The molecule has 2 aliphatic rings. The van der Waals surface area contributed by atoms with Gasteiger partial charge in [-0.3, -0.25) is 19.4 Å². The largest absolute Gasteiger partial charge is 0.368 e. The van der Waals surface area contributed by atoms with Crippen LogP contribution in [-0.2, 0) is 20.0 Å². The Labute approximate surface area is 221 Å². The third-order valence-corrected chi connectivity index (χ3v) is 8.35. The van der Waals surface area contributed by atoms with Gasteiger partial charge in [0, 0.05) is 35.6 Å². The van der Waals surface area contributed by atoms with Crippen LogP contribution in [0, 0.1) is 0 Å². The molecule has 2 heterocycles. The summed E-state index contributed by atoms with van der Waals surface area (Å²) in [4.78, 5) is 8.34. The minimum absolute atomic E-state index is 0. The zero-order chi connectivity index (χ0) is 25.2. The average Bonchev–Trinajstić information content (AvgIpc) is 3.60. The maximum atomic E-state index is 13.0. The van der Waals surface area contributed by atoms with Crippen molar-refractivity contribution in [3.63, 3.8) is 0 Å². The fraction of sp³-hybridized carbons (Fsp3) is 0.167. The predicted octanol–water partition coefficient (Wildman–Crippen LogP) is 2.41. The van der Waals surface area contributed by atoms with Gasteiger partial charge < -0.3 is 10.6 Å².